The minimum Gasteiger partial charge on any atom is -0.213 e. The van der Waals surface area contributed by atoms with Gasteiger partial charge < -0.3 is 0 Å². The van der Waals surface area contributed by atoms with Crippen molar-refractivity contribution in [2.24, 2.45) is 11.8 Å². The van der Waals surface area contributed by atoms with Crippen LogP contribution in [-0.4, -0.2) is 23.1 Å². The molecule has 0 amide bonds. The van der Waals surface area contributed by atoms with Gasteiger partial charge in [-0.1, -0.05) is 93.9 Å². The van der Waals surface area contributed by atoms with Crippen molar-refractivity contribution in [1.29, 1.82) is 0 Å². The van der Waals surface area contributed by atoms with Crippen molar-refractivity contribution in [3.05, 3.63) is 58.7 Å². The maximum Gasteiger partial charge on any atom is 2.00 e. The molecule has 0 unspecified atom stereocenters. The predicted molar refractivity (Wildman–Crippen MR) is 124 cm³/mol. The fraction of sp³-hybridized carbons (Fsp3) is 0.615. The van der Waals surface area contributed by atoms with Crippen LogP contribution in [0, 0.1) is 11.8 Å². The Bertz CT molecular complexity index is 580. The van der Waals surface area contributed by atoms with Crippen molar-refractivity contribution < 1.29 is 0 Å². The Morgan fingerprint density at radius 1 is 0.667 bits per heavy atom. The summed E-state index contributed by atoms with van der Waals surface area (Å²) in [7, 11) is 0. The fourth-order valence-corrected chi connectivity index (χ4v) is 3.61. The Hall–Kier alpha value is -0.534. The molecule has 0 radical (unpaired) electrons. The first-order valence-electron chi connectivity index (χ1n) is 10.3. The molecule has 0 aliphatic carbocycles. The van der Waals surface area contributed by atoms with E-state index in [-0.39, 0.29) is 23.1 Å². The summed E-state index contributed by atoms with van der Waals surface area (Å²) in [4.78, 5) is 0. The molecule has 27 heavy (non-hydrogen) atoms. The standard InChI is InChI=1S/2C13H21.Mg/c2*1-10(2)9-11-7-6-8-12(11)13(3,4)5;/h2*6-8,10H,9H2,1-5H3;/q2*-1;+2. The van der Waals surface area contributed by atoms with Crippen LogP contribution in [0.3, 0.4) is 0 Å². The van der Waals surface area contributed by atoms with Gasteiger partial charge in [-0.3, -0.25) is 0 Å². The molecule has 0 atom stereocenters. The molecule has 2 aromatic rings. The molecule has 0 aliphatic heterocycles. The smallest absolute Gasteiger partial charge is 0.213 e. The largest absolute Gasteiger partial charge is 2.00 e. The van der Waals surface area contributed by atoms with Gasteiger partial charge in [0.1, 0.15) is 0 Å². The van der Waals surface area contributed by atoms with Gasteiger partial charge in [0.05, 0.1) is 0 Å². The van der Waals surface area contributed by atoms with Crippen molar-refractivity contribution in [2.75, 3.05) is 0 Å². The maximum absolute atomic E-state index is 2.28. The summed E-state index contributed by atoms with van der Waals surface area (Å²) < 4.78 is 0. The van der Waals surface area contributed by atoms with Gasteiger partial charge in [-0.25, -0.2) is 24.3 Å². The number of hydrogen-bond donors (Lipinski definition) is 0. The SMILES string of the molecule is CC(C)C[c-]1cccc1C(C)(C)C.CC(C)C[c-]1cccc1C(C)(C)C.[Mg+2]. The molecule has 2 rings (SSSR count). The Morgan fingerprint density at radius 2 is 0.963 bits per heavy atom. The van der Waals surface area contributed by atoms with Gasteiger partial charge in [-0.2, -0.15) is 34.4 Å². The van der Waals surface area contributed by atoms with Gasteiger partial charge in [0.2, 0.25) is 0 Å². The van der Waals surface area contributed by atoms with E-state index in [9.17, 15) is 0 Å². The second-order valence-corrected chi connectivity index (χ2v) is 10.6. The molecular weight excluding hydrogens is 337 g/mol. The zero-order valence-electron chi connectivity index (χ0n) is 19.7. The summed E-state index contributed by atoms with van der Waals surface area (Å²) in [5, 5.41) is 0. The van der Waals surface area contributed by atoms with Gasteiger partial charge in [0.25, 0.3) is 0 Å². The zero-order chi connectivity index (χ0) is 20.1. The van der Waals surface area contributed by atoms with Crippen molar-refractivity contribution in [2.45, 2.75) is 92.9 Å². The van der Waals surface area contributed by atoms with E-state index in [4.69, 9.17) is 0 Å². The van der Waals surface area contributed by atoms with Gasteiger partial charge in [0.15, 0.2) is 0 Å². The van der Waals surface area contributed by atoms with Crippen LogP contribution in [0.2, 0.25) is 0 Å². The summed E-state index contributed by atoms with van der Waals surface area (Å²) in [5.74, 6) is 1.51. The molecular formula is C26H42Mg. The topological polar surface area (TPSA) is 0 Å². The molecule has 148 valence electrons. The van der Waals surface area contributed by atoms with Gasteiger partial charge in [0, 0.05) is 0 Å². The van der Waals surface area contributed by atoms with Crippen LogP contribution < -0.4 is 0 Å². The van der Waals surface area contributed by atoms with Crippen LogP contribution >= 0.6 is 0 Å². The molecule has 0 aromatic heterocycles. The van der Waals surface area contributed by atoms with Gasteiger partial charge >= 0.3 is 23.1 Å². The van der Waals surface area contributed by atoms with Crippen molar-refractivity contribution in [3.63, 3.8) is 0 Å². The number of rotatable bonds is 4. The van der Waals surface area contributed by atoms with Crippen molar-refractivity contribution in [3.8, 4) is 0 Å². The van der Waals surface area contributed by atoms with Crippen molar-refractivity contribution >= 4 is 23.1 Å². The molecule has 0 saturated carbocycles. The van der Waals surface area contributed by atoms with E-state index in [0.29, 0.717) is 10.8 Å². The molecule has 0 bridgehead atoms. The molecule has 0 fully saturated rings. The molecule has 0 aliphatic rings. The van der Waals surface area contributed by atoms with E-state index in [1.807, 2.05) is 0 Å². The first kappa shape index (κ1) is 26.5. The van der Waals surface area contributed by atoms with Gasteiger partial charge in [-0.15, -0.1) is 0 Å². The minimum absolute atomic E-state index is 0. The molecule has 0 spiro atoms. The monoisotopic (exact) mass is 378 g/mol. The third-order valence-electron chi connectivity index (χ3n) is 4.68. The summed E-state index contributed by atoms with van der Waals surface area (Å²) in [6.07, 6.45) is 2.42. The average Bonchev–Trinajstić information content (AvgIpc) is 3.05. The molecule has 0 heterocycles. The summed E-state index contributed by atoms with van der Waals surface area (Å²) in [5.41, 5.74) is 6.69. The molecule has 0 N–H and O–H groups in total. The number of hydrogen-bond acceptors (Lipinski definition) is 0. The van der Waals surface area contributed by atoms with E-state index in [2.05, 4.69) is 106 Å². The fourth-order valence-electron chi connectivity index (χ4n) is 3.61. The third-order valence-corrected chi connectivity index (χ3v) is 4.68. The maximum atomic E-state index is 2.28. The molecule has 1 heteroatoms. The molecule has 0 nitrogen and oxygen atoms in total. The normalized spacial score (nSPS) is 12.0. The predicted octanol–water partition coefficient (Wildman–Crippen LogP) is 7.42. The van der Waals surface area contributed by atoms with E-state index in [1.54, 1.807) is 0 Å². The van der Waals surface area contributed by atoms with E-state index >= 15 is 0 Å². The van der Waals surface area contributed by atoms with E-state index < -0.39 is 0 Å². The van der Waals surface area contributed by atoms with Crippen LogP contribution in [0.5, 0.6) is 0 Å². The molecule has 0 saturated heterocycles. The first-order chi connectivity index (χ1) is 11.8. The second kappa shape index (κ2) is 10.9. The summed E-state index contributed by atoms with van der Waals surface area (Å²) in [6.45, 7) is 22.8. The van der Waals surface area contributed by atoms with Crippen LogP contribution in [0.4, 0.5) is 0 Å². The third kappa shape index (κ3) is 9.00. The minimum atomic E-state index is 0. The summed E-state index contributed by atoms with van der Waals surface area (Å²) >= 11 is 0. The van der Waals surface area contributed by atoms with Crippen LogP contribution in [0.15, 0.2) is 36.4 Å². The second-order valence-electron chi connectivity index (χ2n) is 10.6. The van der Waals surface area contributed by atoms with Crippen molar-refractivity contribution in [1.82, 2.24) is 0 Å². The Balaban J connectivity index is 0.000000483. The quantitative estimate of drug-likeness (QED) is 0.383. The average molecular weight is 379 g/mol. The van der Waals surface area contributed by atoms with Crippen LogP contribution in [-0.2, 0) is 23.7 Å². The van der Waals surface area contributed by atoms with Crippen LogP contribution in [0.1, 0.15) is 91.5 Å². The first-order valence-corrected chi connectivity index (χ1v) is 10.3. The van der Waals surface area contributed by atoms with E-state index in [1.165, 1.54) is 35.1 Å². The van der Waals surface area contributed by atoms with E-state index in [0.717, 1.165) is 11.8 Å². The van der Waals surface area contributed by atoms with Crippen LogP contribution in [0.25, 0.3) is 0 Å². The zero-order valence-corrected chi connectivity index (χ0v) is 21.2. The summed E-state index contributed by atoms with van der Waals surface area (Å²) in [6, 6.07) is 13.4. The molecule has 2 aromatic carbocycles. The Morgan fingerprint density at radius 3 is 1.19 bits per heavy atom. The Kier molecular flexibility index (Phi) is 10.6. The Labute approximate surface area is 186 Å². The van der Waals surface area contributed by atoms with Gasteiger partial charge in [-0.05, 0) is 10.8 Å².